The van der Waals surface area contributed by atoms with E-state index in [1.807, 2.05) is 0 Å². The molecule has 0 bridgehead atoms. The van der Waals surface area contributed by atoms with Crippen LogP contribution in [-0.2, 0) is 6.18 Å². The highest BCUT2D eigenvalue weighted by molar-refractivity contribution is 5.85. The lowest BCUT2D eigenvalue weighted by atomic mass is 10.0. The average molecular weight is 259 g/mol. The van der Waals surface area contributed by atoms with E-state index in [0.29, 0.717) is 6.07 Å². The summed E-state index contributed by atoms with van der Waals surface area (Å²) < 4.78 is 50.1. The van der Waals surface area contributed by atoms with Crippen molar-refractivity contribution in [2.45, 2.75) is 19.1 Å². The first kappa shape index (κ1) is 15.0. The zero-order valence-corrected chi connectivity index (χ0v) is 9.12. The third kappa shape index (κ3) is 2.99. The molecule has 0 spiro atoms. The van der Waals surface area contributed by atoms with Crippen LogP contribution in [0.15, 0.2) is 12.1 Å². The molecule has 1 rings (SSSR count). The summed E-state index contributed by atoms with van der Waals surface area (Å²) in [6, 6.07) is 1.15. The van der Waals surface area contributed by atoms with E-state index in [9.17, 15) is 17.6 Å². The van der Waals surface area contributed by atoms with Gasteiger partial charge >= 0.3 is 6.18 Å². The van der Waals surface area contributed by atoms with E-state index >= 15 is 0 Å². The van der Waals surface area contributed by atoms with Gasteiger partial charge in [0.15, 0.2) is 5.82 Å². The highest BCUT2D eigenvalue weighted by Crippen LogP contribution is 2.35. The van der Waals surface area contributed by atoms with Gasteiger partial charge in [-0.2, -0.15) is 13.2 Å². The molecule has 1 aromatic rings. The molecule has 0 aliphatic rings. The molecule has 92 valence electrons. The predicted molar refractivity (Wildman–Crippen MR) is 55.7 cm³/mol. The van der Waals surface area contributed by atoms with Crippen molar-refractivity contribution < 1.29 is 17.6 Å². The number of hydrogen-bond donors (Lipinski definition) is 2. The van der Waals surface area contributed by atoms with Crippen molar-refractivity contribution in [1.82, 2.24) is 0 Å². The lowest BCUT2D eigenvalue weighted by Crippen LogP contribution is -2.14. The Morgan fingerprint density at radius 3 is 2.12 bits per heavy atom. The first-order valence-electron chi connectivity index (χ1n) is 4.15. The SMILES string of the molecule is C[C@@H](N)c1cc(N)c(F)c(C(F)(F)F)c1.Cl. The maximum absolute atomic E-state index is 13.1. The number of alkyl halides is 3. The molecule has 0 aliphatic carbocycles. The first-order valence-corrected chi connectivity index (χ1v) is 4.15. The third-order valence-corrected chi connectivity index (χ3v) is 1.95. The quantitative estimate of drug-likeness (QED) is 0.601. The number of hydrogen-bond acceptors (Lipinski definition) is 2. The molecule has 0 aromatic heterocycles. The molecule has 0 saturated carbocycles. The van der Waals surface area contributed by atoms with Crippen LogP contribution in [-0.4, -0.2) is 0 Å². The predicted octanol–water partition coefficient (Wildman–Crippen LogP) is 2.87. The summed E-state index contributed by atoms with van der Waals surface area (Å²) in [6.45, 7) is 1.49. The molecule has 2 nitrogen and oxygen atoms in total. The minimum atomic E-state index is -4.76. The van der Waals surface area contributed by atoms with Crippen LogP contribution in [0.2, 0.25) is 0 Å². The monoisotopic (exact) mass is 258 g/mol. The molecule has 16 heavy (non-hydrogen) atoms. The Morgan fingerprint density at radius 2 is 1.75 bits per heavy atom. The van der Waals surface area contributed by atoms with E-state index < -0.39 is 29.3 Å². The summed E-state index contributed by atoms with van der Waals surface area (Å²) in [6.07, 6.45) is -4.76. The van der Waals surface area contributed by atoms with Crippen LogP contribution in [0.25, 0.3) is 0 Å². The summed E-state index contributed by atoms with van der Waals surface area (Å²) in [5.74, 6) is -1.45. The fraction of sp³-hybridized carbons (Fsp3) is 0.333. The van der Waals surface area contributed by atoms with Crippen molar-refractivity contribution in [3.05, 3.63) is 29.1 Å². The van der Waals surface area contributed by atoms with E-state index in [1.54, 1.807) is 0 Å². The van der Waals surface area contributed by atoms with Gasteiger partial charge in [0, 0.05) is 6.04 Å². The molecule has 0 saturated heterocycles. The van der Waals surface area contributed by atoms with Crippen molar-refractivity contribution in [1.29, 1.82) is 0 Å². The van der Waals surface area contributed by atoms with E-state index in [0.717, 1.165) is 6.07 Å². The number of rotatable bonds is 1. The smallest absolute Gasteiger partial charge is 0.396 e. The molecule has 0 aliphatic heterocycles. The highest BCUT2D eigenvalue weighted by Gasteiger charge is 2.35. The van der Waals surface area contributed by atoms with Gasteiger partial charge in [-0.3, -0.25) is 0 Å². The number of halogens is 5. The number of benzene rings is 1. The Kier molecular flexibility index (Phi) is 4.57. The van der Waals surface area contributed by atoms with E-state index in [2.05, 4.69) is 0 Å². The van der Waals surface area contributed by atoms with Gasteiger partial charge in [0.05, 0.1) is 11.3 Å². The zero-order chi connectivity index (χ0) is 11.8. The maximum Gasteiger partial charge on any atom is 0.419 e. The highest BCUT2D eigenvalue weighted by atomic mass is 35.5. The third-order valence-electron chi connectivity index (χ3n) is 1.95. The normalized spacial score (nSPS) is 13.1. The van der Waals surface area contributed by atoms with E-state index in [4.69, 9.17) is 11.5 Å². The Balaban J connectivity index is 0.00000225. The molecule has 7 heteroatoms. The van der Waals surface area contributed by atoms with Gasteiger partial charge in [-0.05, 0) is 24.6 Å². The molecule has 4 N–H and O–H groups in total. The first-order chi connectivity index (χ1) is 6.73. The number of anilines is 1. The van der Waals surface area contributed by atoms with Crippen molar-refractivity contribution in [2.75, 3.05) is 5.73 Å². The van der Waals surface area contributed by atoms with Gasteiger partial charge < -0.3 is 11.5 Å². The van der Waals surface area contributed by atoms with Crippen molar-refractivity contribution in [3.8, 4) is 0 Å². The Bertz CT molecular complexity index is 377. The van der Waals surface area contributed by atoms with Crippen LogP contribution in [0, 0.1) is 5.82 Å². The van der Waals surface area contributed by atoms with Gasteiger partial charge in [-0.25, -0.2) is 4.39 Å². The average Bonchev–Trinajstić information content (AvgIpc) is 2.06. The van der Waals surface area contributed by atoms with Gasteiger partial charge in [0.2, 0.25) is 0 Å². The maximum atomic E-state index is 13.1. The van der Waals surface area contributed by atoms with Crippen molar-refractivity contribution in [2.24, 2.45) is 5.73 Å². The van der Waals surface area contributed by atoms with Crippen LogP contribution in [0.5, 0.6) is 0 Å². The molecular weight excluding hydrogens is 248 g/mol. The van der Waals surface area contributed by atoms with E-state index in [1.165, 1.54) is 6.92 Å². The van der Waals surface area contributed by atoms with Gasteiger partial charge in [0.25, 0.3) is 0 Å². The minimum absolute atomic E-state index is 0. The zero-order valence-electron chi connectivity index (χ0n) is 8.31. The molecule has 0 unspecified atom stereocenters. The Morgan fingerprint density at radius 1 is 1.25 bits per heavy atom. The second-order valence-corrected chi connectivity index (χ2v) is 3.26. The van der Waals surface area contributed by atoms with Gasteiger partial charge in [-0.1, -0.05) is 0 Å². The summed E-state index contributed by atoms with van der Waals surface area (Å²) in [5, 5.41) is 0. The van der Waals surface area contributed by atoms with Crippen molar-refractivity contribution >= 4 is 18.1 Å². The summed E-state index contributed by atoms with van der Waals surface area (Å²) in [4.78, 5) is 0. The van der Waals surface area contributed by atoms with Crippen LogP contribution in [0.3, 0.4) is 0 Å². The molecule has 0 amide bonds. The van der Waals surface area contributed by atoms with Gasteiger partial charge in [0.1, 0.15) is 0 Å². The second kappa shape index (κ2) is 4.88. The molecule has 0 radical (unpaired) electrons. The standard InChI is InChI=1S/C9H10F4N2.ClH/c1-4(14)5-2-6(9(11,12)13)8(10)7(15)3-5;/h2-4H,14-15H2,1H3;1H/t4-;/m1./s1. The molecule has 1 aromatic carbocycles. The lowest BCUT2D eigenvalue weighted by molar-refractivity contribution is -0.139. The molecular formula is C9H11ClF4N2. The van der Waals surface area contributed by atoms with Crippen LogP contribution in [0.1, 0.15) is 24.1 Å². The largest absolute Gasteiger partial charge is 0.419 e. The van der Waals surface area contributed by atoms with Crippen molar-refractivity contribution in [3.63, 3.8) is 0 Å². The molecule has 0 heterocycles. The summed E-state index contributed by atoms with van der Waals surface area (Å²) >= 11 is 0. The summed E-state index contributed by atoms with van der Waals surface area (Å²) in [7, 11) is 0. The van der Waals surface area contributed by atoms with Crippen LogP contribution < -0.4 is 11.5 Å². The lowest BCUT2D eigenvalue weighted by Gasteiger charge is -2.13. The fourth-order valence-corrected chi connectivity index (χ4v) is 1.14. The number of nitrogens with two attached hydrogens (primary N) is 2. The Hall–Kier alpha value is -1.01. The molecule has 0 fully saturated rings. The van der Waals surface area contributed by atoms with E-state index in [-0.39, 0.29) is 18.0 Å². The van der Waals surface area contributed by atoms with Gasteiger partial charge in [-0.15, -0.1) is 12.4 Å². The summed E-state index contributed by atoms with van der Waals surface area (Å²) in [5.41, 5.74) is 8.75. The fourth-order valence-electron chi connectivity index (χ4n) is 1.14. The van der Waals surface area contributed by atoms with Crippen LogP contribution >= 0.6 is 12.4 Å². The molecule has 1 atom stereocenters. The Labute approximate surface area is 96.0 Å². The topological polar surface area (TPSA) is 52.0 Å². The van der Waals surface area contributed by atoms with Crippen LogP contribution in [0.4, 0.5) is 23.2 Å². The second-order valence-electron chi connectivity index (χ2n) is 3.26. The minimum Gasteiger partial charge on any atom is -0.396 e. The number of nitrogen functional groups attached to an aromatic ring is 1.